The SMILES string of the molecule is C[C@]1(O)CC/C=C\Cn2c(=O)c3cnc(Nc4ccc(N5CC6CNCC6C5)cc4)nc3n2-c2cccc1n2. The zero-order chi connectivity index (χ0) is 26.6. The summed E-state index contributed by atoms with van der Waals surface area (Å²) in [4.78, 5) is 29.8. The van der Waals surface area contributed by atoms with E-state index < -0.39 is 5.60 Å². The molecule has 2 unspecified atom stereocenters. The number of aromatic nitrogens is 5. The third kappa shape index (κ3) is 4.29. The maximum absolute atomic E-state index is 13.4. The highest BCUT2D eigenvalue weighted by Crippen LogP contribution is 2.31. The van der Waals surface area contributed by atoms with Crippen LogP contribution in [0.4, 0.5) is 17.3 Å². The summed E-state index contributed by atoms with van der Waals surface area (Å²) in [6, 6.07) is 13.9. The van der Waals surface area contributed by atoms with Crippen LogP contribution in [0.15, 0.2) is 65.6 Å². The van der Waals surface area contributed by atoms with Gasteiger partial charge < -0.3 is 20.6 Å². The smallest absolute Gasteiger partial charge is 0.278 e. The summed E-state index contributed by atoms with van der Waals surface area (Å²) < 4.78 is 3.34. The molecule has 3 aliphatic rings. The Kier molecular flexibility index (Phi) is 5.75. The highest BCUT2D eigenvalue weighted by atomic mass is 16.3. The molecular weight excluding hydrogens is 492 g/mol. The van der Waals surface area contributed by atoms with Crippen LogP contribution in [0, 0.1) is 11.8 Å². The van der Waals surface area contributed by atoms with Crippen LogP contribution in [-0.4, -0.2) is 55.6 Å². The molecule has 39 heavy (non-hydrogen) atoms. The van der Waals surface area contributed by atoms with E-state index in [1.54, 1.807) is 22.5 Å². The van der Waals surface area contributed by atoms with Gasteiger partial charge in [-0.25, -0.2) is 19.3 Å². The van der Waals surface area contributed by atoms with Crippen molar-refractivity contribution in [3.63, 3.8) is 0 Å². The van der Waals surface area contributed by atoms with E-state index in [2.05, 4.69) is 32.7 Å². The molecule has 3 atom stereocenters. The highest BCUT2D eigenvalue weighted by Gasteiger charge is 2.36. The Labute approximate surface area is 226 Å². The number of nitrogens with one attached hydrogen (secondary N) is 2. The van der Waals surface area contributed by atoms with E-state index in [0.29, 0.717) is 47.9 Å². The maximum atomic E-state index is 13.4. The predicted molar refractivity (Wildman–Crippen MR) is 151 cm³/mol. The Morgan fingerprint density at radius 1 is 1.05 bits per heavy atom. The normalized spacial score (nSPS) is 25.2. The summed E-state index contributed by atoms with van der Waals surface area (Å²) in [7, 11) is 0. The van der Waals surface area contributed by atoms with Crippen LogP contribution >= 0.6 is 0 Å². The molecule has 10 nitrogen and oxygen atoms in total. The molecule has 3 N–H and O–H groups in total. The lowest BCUT2D eigenvalue weighted by Crippen LogP contribution is -2.25. The minimum atomic E-state index is -1.09. The fourth-order valence-electron chi connectivity index (χ4n) is 6.06. The number of anilines is 3. The van der Waals surface area contributed by atoms with Gasteiger partial charge >= 0.3 is 0 Å². The Morgan fingerprint density at radius 2 is 1.85 bits per heavy atom. The summed E-state index contributed by atoms with van der Waals surface area (Å²) in [5, 5.41) is 18.2. The first-order valence-corrected chi connectivity index (χ1v) is 13.6. The lowest BCUT2D eigenvalue weighted by atomic mass is 9.95. The van der Waals surface area contributed by atoms with Crippen molar-refractivity contribution in [2.24, 2.45) is 11.8 Å². The first-order valence-electron chi connectivity index (χ1n) is 13.6. The molecular formula is C29H32N8O2. The number of nitrogens with zero attached hydrogens (tertiary/aromatic N) is 6. The Morgan fingerprint density at radius 3 is 2.64 bits per heavy atom. The molecule has 2 saturated heterocycles. The van der Waals surface area contributed by atoms with Gasteiger partial charge in [0.25, 0.3) is 5.56 Å². The molecule has 3 aromatic heterocycles. The van der Waals surface area contributed by atoms with Gasteiger partial charge in [0.1, 0.15) is 11.0 Å². The Hall–Kier alpha value is -4.02. The topological polar surface area (TPSA) is 113 Å². The van der Waals surface area contributed by atoms with Gasteiger partial charge in [-0.05, 0) is 68.0 Å². The average molecular weight is 525 g/mol. The first-order chi connectivity index (χ1) is 19.0. The largest absolute Gasteiger partial charge is 0.384 e. The van der Waals surface area contributed by atoms with Gasteiger partial charge in [-0.2, -0.15) is 4.98 Å². The van der Waals surface area contributed by atoms with E-state index in [-0.39, 0.29) is 5.56 Å². The van der Waals surface area contributed by atoms with Crippen LogP contribution in [0.1, 0.15) is 25.5 Å². The molecule has 200 valence electrons. The second-order valence-corrected chi connectivity index (χ2v) is 11.1. The van der Waals surface area contributed by atoms with Gasteiger partial charge in [0.05, 0.1) is 12.2 Å². The summed E-state index contributed by atoms with van der Waals surface area (Å²) in [5.41, 5.74) is 1.85. The maximum Gasteiger partial charge on any atom is 0.278 e. The summed E-state index contributed by atoms with van der Waals surface area (Å²) in [6.45, 7) is 6.55. The lowest BCUT2D eigenvalue weighted by Gasteiger charge is -2.22. The van der Waals surface area contributed by atoms with Crippen LogP contribution in [0.5, 0.6) is 0 Å². The lowest BCUT2D eigenvalue weighted by molar-refractivity contribution is 0.0443. The molecule has 7 rings (SSSR count). The molecule has 3 aliphatic heterocycles. The number of pyridine rings is 1. The molecule has 0 saturated carbocycles. The summed E-state index contributed by atoms with van der Waals surface area (Å²) >= 11 is 0. The Balaban J connectivity index is 1.23. The van der Waals surface area contributed by atoms with Gasteiger partial charge in [0, 0.05) is 43.8 Å². The number of allylic oxidation sites excluding steroid dienone is 2. The van der Waals surface area contributed by atoms with Crippen LogP contribution < -0.4 is 21.1 Å². The van der Waals surface area contributed by atoms with Crippen LogP contribution in [0.25, 0.3) is 16.9 Å². The van der Waals surface area contributed by atoms with Crippen LogP contribution in [0.2, 0.25) is 0 Å². The van der Waals surface area contributed by atoms with Crippen LogP contribution in [-0.2, 0) is 12.1 Å². The quantitative estimate of drug-likeness (QED) is 0.351. The minimum Gasteiger partial charge on any atom is -0.384 e. The predicted octanol–water partition coefficient (Wildman–Crippen LogP) is 2.93. The molecule has 6 heterocycles. The molecule has 4 aromatic rings. The monoisotopic (exact) mass is 524 g/mol. The van der Waals surface area contributed by atoms with Crippen molar-refractivity contribution in [2.45, 2.75) is 31.9 Å². The van der Waals surface area contributed by atoms with E-state index in [0.717, 1.165) is 43.7 Å². The van der Waals surface area contributed by atoms with E-state index in [9.17, 15) is 9.90 Å². The zero-order valence-corrected chi connectivity index (χ0v) is 21.9. The zero-order valence-electron chi connectivity index (χ0n) is 21.9. The first kappa shape index (κ1) is 24.1. The fourth-order valence-corrected chi connectivity index (χ4v) is 6.06. The third-order valence-corrected chi connectivity index (χ3v) is 8.30. The van der Waals surface area contributed by atoms with E-state index >= 15 is 0 Å². The number of hydrogen-bond acceptors (Lipinski definition) is 8. The average Bonchev–Trinajstić information content (AvgIpc) is 3.61. The molecule has 10 heteroatoms. The third-order valence-electron chi connectivity index (χ3n) is 8.30. The molecule has 2 fully saturated rings. The van der Waals surface area contributed by atoms with Crippen molar-refractivity contribution in [1.82, 2.24) is 29.6 Å². The number of benzene rings is 1. The van der Waals surface area contributed by atoms with Crippen molar-refractivity contribution in [1.29, 1.82) is 0 Å². The minimum absolute atomic E-state index is 0.186. The van der Waals surface area contributed by atoms with E-state index in [1.807, 2.05) is 42.5 Å². The number of hydrogen-bond donors (Lipinski definition) is 3. The standard InChI is InChI=1S/C29H32N8O2/c1-29(39)12-3-2-4-13-36-27(38)23-16-31-28(34-26(23)37(36)25-7-5-6-24(29)33-25)32-21-8-10-22(11-9-21)35-17-19-14-30-15-20(19)18-35/h2,4-11,16,19-20,30,39H,3,12-15,17-18H2,1H3,(H,31,32,34)/b4-2-/t19?,20?,29-/m0/s1. The van der Waals surface area contributed by atoms with Gasteiger partial charge in [-0.15, -0.1) is 0 Å². The number of aliphatic hydroxyl groups is 1. The molecule has 0 spiro atoms. The number of fused-ring (bicyclic) bond motifs is 7. The summed E-state index contributed by atoms with van der Waals surface area (Å²) in [5.74, 6) is 2.40. The second kappa shape index (κ2) is 9.32. The van der Waals surface area contributed by atoms with E-state index in [1.165, 1.54) is 5.69 Å². The Bertz CT molecular complexity index is 1610. The van der Waals surface area contributed by atoms with Gasteiger partial charge in [0.15, 0.2) is 11.5 Å². The van der Waals surface area contributed by atoms with Crippen molar-refractivity contribution >= 4 is 28.4 Å². The molecule has 0 aliphatic carbocycles. The van der Waals surface area contributed by atoms with Gasteiger partial charge in [-0.3, -0.25) is 4.79 Å². The van der Waals surface area contributed by atoms with Gasteiger partial charge in [0.2, 0.25) is 5.95 Å². The van der Waals surface area contributed by atoms with Gasteiger partial charge in [-0.1, -0.05) is 18.2 Å². The molecule has 2 bridgehead atoms. The fraction of sp³-hybridized carbons (Fsp3) is 0.379. The van der Waals surface area contributed by atoms with Crippen molar-refractivity contribution in [3.05, 3.63) is 76.9 Å². The number of rotatable bonds is 3. The molecule has 0 amide bonds. The molecule has 0 radical (unpaired) electrons. The van der Waals surface area contributed by atoms with Crippen molar-refractivity contribution < 1.29 is 5.11 Å². The summed E-state index contributed by atoms with van der Waals surface area (Å²) in [6.07, 6.45) is 6.72. The van der Waals surface area contributed by atoms with Crippen molar-refractivity contribution in [3.8, 4) is 5.82 Å². The molecule has 1 aromatic carbocycles. The van der Waals surface area contributed by atoms with Crippen LogP contribution in [0.3, 0.4) is 0 Å². The highest BCUT2D eigenvalue weighted by molar-refractivity contribution is 5.77. The van der Waals surface area contributed by atoms with E-state index in [4.69, 9.17) is 9.97 Å². The second-order valence-electron chi connectivity index (χ2n) is 11.1. The van der Waals surface area contributed by atoms with Crippen molar-refractivity contribution in [2.75, 3.05) is 36.4 Å².